The van der Waals surface area contributed by atoms with Gasteiger partial charge in [0, 0.05) is 30.8 Å². The van der Waals surface area contributed by atoms with Crippen LogP contribution in [0.2, 0.25) is 0 Å². The van der Waals surface area contributed by atoms with E-state index < -0.39 is 23.9 Å². The first-order chi connectivity index (χ1) is 16.1. The molecule has 1 aromatic heterocycles. The molecule has 3 heterocycles. The van der Waals surface area contributed by atoms with Crippen LogP contribution < -0.4 is 20.4 Å². The number of amides is 3. The number of benzene rings is 1. The zero-order valence-electron chi connectivity index (χ0n) is 19.0. The Balaban J connectivity index is 1.46. The van der Waals surface area contributed by atoms with Crippen molar-refractivity contribution in [1.29, 1.82) is 0 Å². The van der Waals surface area contributed by atoms with Gasteiger partial charge in [-0.3, -0.25) is 9.69 Å². The van der Waals surface area contributed by atoms with Crippen molar-refractivity contribution < 1.29 is 23.1 Å². The molecule has 1 unspecified atom stereocenters. The summed E-state index contributed by atoms with van der Waals surface area (Å²) in [7, 11) is 0. The Morgan fingerprint density at radius 2 is 2.03 bits per heavy atom. The lowest BCUT2D eigenvalue weighted by molar-refractivity contribution is -0.128. The number of hydrogen-bond acceptors (Lipinski definition) is 6. The maximum atomic E-state index is 14.0. The largest absolute Gasteiger partial charge is 0.377 e. The topological polar surface area (TPSA) is 99.7 Å². The van der Waals surface area contributed by atoms with Crippen LogP contribution in [0.25, 0.3) is 11.4 Å². The Morgan fingerprint density at radius 1 is 1.29 bits per heavy atom. The molecule has 3 aliphatic rings. The number of nitrogens with zero attached hydrogens (tertiary/aromatic N) is 4. The van der Waals surface area contributed by atoms with Crippen LogP contribution >= 0.6 is 0 Å². The summed E-state index contributed by atoms with van der Waals surface area (Å²) in [5.41, 5.74) is 0.438. The molecule has 3 amide bonds. The highest BCUT2D eigenvalue weighted by molar-refractivity contribution is 6.08. The van der Waals surface area contributed by atoms with Gasteiger partial charge in [-0.1, -0.05) is 0 Å². The van der Waals surface area contributed by atoms with E-state index >= 15 is 0 Å². The van der Waals surface area contributed by atoms with E-state index in [9.17, 15) is 18.4 Å². The van der Waals surface area contributed by atoms with Crippen LogP contribution in [0.5, 0.6) is 0 Å². The minimum atomic E-state index is -3.09. The average Bonchev–Trinajstić information content (AvgIpc) is 3.60. The summed E-state index contributed by atoms with van der Waals surface area (Å²) in [5.74, 6) is -2.74. The zero-order chi connectivity index (χ0) is 24.1. The Kier molecular flexibility index (Phi) is 5.38. The van der Waals surface area contributed by atoms with E-state index in [1.807, 2.05) is 4.90 Å². The number of aromatic nitrogens is 2. The Morgan fingerprint density at radius 3 is 2.71 bits per heavy atom. The second kappa shape index (κ2) is 8.15. The van der Waals surface area contributed by atoms with Crippen LogP contribution in [0, 0.1) is 0 Å². The lowest BCUT2D eigenvalue weighted by Gasteiger charge is -2.50. The smallest absolute Gasteiger partial charge is 0.319 e. The van der Waals surface area contributed by atoms with E-state index in [1.54, 1.807) is 31.2 Å². The van der Waals surface area contributed by atoms with Gasteiger partial charge < -0.3 is 20.3 Å². The quantitative estimate of drug-likeness (QED) is 0.694. The molecule has 5 rings (SSSR count). The Hall–Kier alpha value is -3.34. The van der Waals surface area contributed by atoms with Crippen molar-refractivity contribution in [1.82, 2.24) is 15.3 Å². The van der Waals surface area contributed by atoms with E-state index in [1.165, 1.54) is 6.20 Å². The number of nitrogens with one attached hydrogen (secondary N) is 2. The van der Waals surface area contributed by atoms with E-state index in [4.69, 9.17) is 4.74 Å². The van der Waals surface area contributed by atoms with Crippen LogP contribution in [0.15, 0.2) is 30.5 Å². The molecule has 1 aliphatic carbocycles. The summed E-state index contributed by atoms with van der Waals surface area (Å²) in [6.45, 7) is 2.58. The molecule has 0 spiro atoms. The monoisotopic (exact) mass is 472 g/mol. The highest BCUT2D eigenvalue weighted by Gasteiger charge is 2.52. The lowest BCUT2D eigenvalue weighted by atomic mass is 9.93. The van der Waals surface area contributed by atoms with Crippen LogP contribution in [0.4, 0.5) is 30.8 Å². The van der Waals surface area contributed by atoms with Crippen LogP contribution in [0.1, 0.15) is 26.7 Å². The minimum Gasteiger partial charge on any atom is -0.377 e. The molecular formula is C23H26F2N6O3. The fraction of sp³-hybridized carbons (Fsp3) is 0.478. The first-order valence-corrected chi connectivity index (χ1v) is 11.2. The minimum absolute atomic E-state index is 0.0830. The number of carbonyl (C=O) groups excluding carboxylic acids is 2. The molecule has 0 radical (unpaired) electrons. The van der Waals surface area contributed by atoms with Gasteiger partial charge in [0.15, 0.2) is 11.6 Å². The van der Waals surface area contributed by atoms with Crippen LogP contribution in [0.3, 0.4) is 0 Å². The fourth-order valence-corrected chi connectivity index (χ4v) is 4.28. The van der Waals surface area contributed by atoms with Crippen molar-refractivity contribution in [3.05, 3.63) is 30.5 Å². The van der Waals surface area contributed by atoms with Crippen LogP contribution in [-0.2, 0) is 9.53 Å². The van der Waals surface area contributed by atoms with E-state index in [-0.39, 0.29) is 24.4 Å². The van der Waals surface area contributed by atoms with Gasteiger partial charge in [0.05, 0.1) is 26.0 Å². The number of rotatable bonds is 5. The average molecular weight is 472 g/mol. The third kappa shape index (κ3) is 4.27. The summed E-state index contributed by atoms with van der Waals surface area (Å²) < 4.78 is 33.4. The molecule has 0 bridgehead atoms. The molecule has 2 N–H and O–H groups in total. The van der Waals surface area contributed by atoms with Gasteiger partial charge in [-0.2, -0.15) is 0 Å². The molecule has 1 saturated heterocycles. The first-order valence-electron chi connectivity index (χ1n) is 11.2. The summed E-state index contributed by atoms with van der Waals surface area (Å²) in [5, 5.41) is 5.65. The molecule has 34 heavy (non-hydrogen) atoms. The third-order valence-electron chi connectivity index (χ3n) is 6.19. The van der Waals surface area contributed by atoms with Crippen LogP contribution in [-0.4, -0.2) is 65.7 Å². The van der Waals surface area contributed by atoms with Gasteiger partial charge in [-0.25, -0.2) is 23.5 Å². The van der Waals surface area contributed by atoms with E-state index in [0.717, 1.165) is 24.7 Å². The molecule has 2 aromatic rings. The van der Waals surface area contributed by atoms with Crippen molar-refractivity contribution in [2.45, 2.75) is 44.2 Å². The first kappa shape index (κ1) is 22.5. The zero-order valence-corrected chi connectivity index (χ0v) is 19.0. The van der Waals surface area contributed by atoms with Gasteiger partial charge in [-0.05, 0) is 44.0 Å². The number of fused-ring (bicyclic) bond motifs is 3. The second-order valence-electron chi connectivity index (χ2n) is 9.29. The molecule has 2 fully saturated rings. The summed E-state index contributed by atoms with van der Waals surface area (Å²) >= 11 is 0. The molecule has 2 aliphatic heterocycles. The number of anilines is 3. The lowest BCUT2D eigenvalue weighted by Crippen LogP contribution is -2.68. The highest BCUT2D eigenvalue weighted by Crippen LogP contribution is 2.42. The Bertz CT molecular complexity index is 1120. The molecule has 180 valence electrons. The standard InChI is InChI=1S/C23H26F2N6O3/c1-22-13-34-10-9-31(22)19-17(30(20(22)32)12-23(2,24)25)11-26-18(29-19)14-3-5-15(6-4-14)27-21(33)28-16-7-8-16/h3-6,11,16H,7-10,12-13H2,1-2H3,(H2,27,28,33). The maximum absolute atomic E-state index is 14.0. The van der Waals surface area contributed by atoms with Crippen molar-refractivity contribution >= 4 is 29.1 Å². The van der Waals surface area contributed by atoms with Gasteiger partial charge in [0.2, 0.25) is 0 Å². The summed E-state index contributed by atoms with van der Waals surface area (Å²) in [6.07, 6.45) is 3.43. The number of carbonyl (C=O) groups is 2. The molecular weight excluding hydrogens is 446 g/mol. The number of halogens is 2. The van der Waals surface area contributed by atoms with Crippen molar-refractivity contribution in [2.24, 2.45) is 0 Å². The number of urea groups is 1. The normalized spacial score (nSPS) is 22.2. The molecule has 1 saturated carbocycles. The predicted octanol–water partition coefficient (Wildman–Crippen LogP) is 3.02. The van der Waals surface area contributed by atoms with Gasteiger partial charge >= 0.3 is 6.03 Å². The molecule has 11 heteroatoms. The van der Waals surface area contributed by atoms with Crippen molar-refractivity contribution in [3.8, 4) is 11.4 Å². The molecule has 1 aromatic carbocycles. The van der Waals surface area contributed by atoms with Gasteiger partial charge in [-0.15, -0.1) is 0 Å². The Labute approximate surface area is 195 Å². The van der Waals surface area contributed by atoms with Crippen molar-refractivity contribution in [3.63, 3.8) is 0 Å². The number of hydrogen-bond donors (Lipinski definition) is 2. The number of alkyl halides is 2. The fourth-order valence-electron chi connectivity index (χ4n) is 4.28. The molecule has 1 atom stereocenters. The second-order valence-corrected chi connectivity index (χ2v) is 9.29. The SMILES string of the molecule is CC(F)(F)CN1C(=O)C2(C)COCCN2c2nc(-c3ccc(NC(=O)NC4CC4)cc3)ncc21. The van der Waals surface area contributed by atoms with E-state index in [2.05, 4.69) is 20.6 Å². The summed E-state index contributed by atoms with van der Waals surface area (Å²) in [6, 6.07) is 7.06. The van der Waals surface area contributed by atoms with Crippen molar-refractivity contribution in [2.75, 3.05) is 41.4 Å². The van der Waals surface area contributed by atoms with Gasteiger partial charge in [0.1, 0.15) is 11.2 Å². The predicted molar refractivity (Wildman–Crippen MR) is 122 cm³/mol. The van der Waals surface area contributed by atoms with Gasteiger partial charge in [0.25, 0.3) is 11.8 Å². The summed E-state index contributed by atoms with van der Waals surface area (Å²) in [4.78, 5) is 37.1. The maximum Gasteiger partial charge on any atom is 0.319 e. The molecule has 9 nitrogen and oxygen atoms in total. The number of ether oxygens (including phenoxy) is 1. The highest BCUT2D eigenvalue weighted by atomic mass is 19.3. The third-order valence-corrected chi connectivity index (χ3v) is 6.19. The number of morpholine rings is 1. The van der Waals surface area contributed by atoms with E-state index in [0.29, 0.717) is 36.0 Å².